The Kier molecular flexibility index (Phi) is 3.02. The summed E-state index contributed by atoms with van der Waals surface area (Å²) in [5.74, 6) is 2.21. The Morgan fingerprint density at radius 3 is 2.71 bits per heavy atom. The third kappa shape index (κ3) is 1.70. The van der Waals surface area contributed by atoms with Crippen molar-refractivity contribution in [1.29, 1.82) is 0 Å². The van der Waals surface area contributed by atoms with Crippen molar-refractivity contribution in [2.45, 2.75) is 77.2 Å². The van der Waals surface area contributed by atoms with Gasteiger partial charge in [0.15, 0.2) is 0 Å². The van der Waals surface area contributed by atoms with Crippen molar-refractivity contribution in [3.63, 3.8) is 0 Å². The van der Waals surface area contributed by atoms with Crippen LogP contribution in [0.4, 0.5) is 0 Å². The Balaban J connectivity index is 1.53. The summed E-state index contributed by atoms with van der Waals surface area (Å²) < 4.78 is 6.02. The molecule has 0 amide bonds. The molecule has 3 fully saturated rings. The fourth-order valence-electron chi connectivity index (χ4n) is 7.48. The van der Waals surface area contributed by atoms with Gasteiger partial charge in [-0.25, -0.2) is 0 Å². The zero-order chi connectivity index (χ0) is 16.6. The lowest BCUT2D eigenvalue weighted by Gasteiger charge is -2.57. The van der Waals surface area contributed by atoms with Crippen LogP contribution < -0.4 is 0 Å². The van der Waals surface area contributed by atoms with E-state index >= 15 is 0 Å². The summed E-state index contributed by atoms with van der Waals surface area (Å²) in [6, 6.07) is 0. The summed E-state index contributed by atoms with van der Waals surface area (Å²) in [6.07, 6.45) is 17.9. The van der Waals surface area contributed by atoms with E-state index in [0.717, 1.165) is 18.8 Å². The monoisotopic (exact) mass is 326 g/mol. The molecule has 2 heteroatoms. The highest BCUT2D eigenvalue weighted by molar-refractivity contribution is 5.72. The van der Waals surface area contributed by atoms with Crippen LogP contribution >= 0.6 is 0 Å². The second kappa shape index (κ2) is 4.77. The number of carbonyl (C=O) groups excluding carboxylic acids is 1. The number of rotatable bonds is 0. The zero-order valence-electron chi connectivity index (χ0n) is 15.1. The average molecular weight is 326 g/mol. The van der Waals surface area contributed by atoms with Gasteiger partial charge in [0.1, 0.15) is 5.60 Å². The summed E-state index contributed by atoms with van der Waals surface area (Å²) >= 11 is 0. The molecule has 24 heavy (non-hydrogen) atoms. The number of carbonyl (C=O) groups is 1. The Hall–Kier alpha value is -1.05. The van der Waals surface area contributed by atoms with Gasteiger partial charge in [-0.05, 0) is 80.1 Å². The first-order valence-electron chi connectivity index (χ1n) is 10.1. The fraction of sp³-hybridized carbons (Fsp3) is 0.773. The van der Waals surface area contributed by atoms with Crippen molar-refractivity contribution in [3.8, 4) is 0 Å². The SMILES string of the molecule is C[C@]12CCCC=C1C=C[C@@H]1[C@@H]2CC[C@@]2(C)[C@H]1CC[C@]21CCC(=O)O1. The smallest absolute Gasteiger partial charge is 0.306 e. The number of ether oxygens (including phenoxy) is 1. The van der Waals surface area contributed by atoms with Gasteiger partial charge in [0.2, 0.25) is 0 Å². The Morgan fingerprint density at radius 1 is 1.08 bits per heavy atom. The third-order valence-electron chi connectivity index (χ3n) is 8.90. The molecule has 0 aromatic heterocycles. The lowest BCUT2D eigenvalue weighted by Crippen LogP contribution is -2.53. The van der Waals surface area contributed by atoms with Crippen molar-refractivity contribution in [1.82, 2.24) is 0 Å². The van der Waals surface area contributed by atoms with Gasteiger partial charge in [-0.2, -0.15) is 0 Å². The summed E-state index contributed by atoms with van der Waals surface area (Å²) in [6.45, 7) is 4.98. The van der Waals surface area contributed by atoms with E-state index in [2.05, 4.69) is 32.1 Å². The first-order chi connectivity index (χ1) is 11.5. The van der Waals surface area contributed by atoms with Crippen LogP contribution in [0.5, 0.6) is 0 Å². The van der Waals surface area contributed by atoms with Crippen LogP contribution in [0, 0.1) is 28.6 Å². The molecule has 130 valence electrons. The lowest BCUT2D eigenvalue weighted by atomic mass is 9.48. The second-order valence-corrected chi connectivity index (χ2v) is 9.58. The van der Waals surface area contributed by atoms with E-state index in [1.54, 1.807) is 5.57 Å². The largest absolute Gasteiger partial charge is 0.458 e. The Morgan fingerprint density at radius 2 is 1.92 bits per heavy atom. The van der Waals surface area contributed by atoms with Crippen LogP contribution in [0.1, 0.15) is 71.6 Å². The number of hydrogen-bond acceptors (Lipinski definition) is 2. The molecule has 1 aliphatic heterocycles. The molecule has 0 radical (unpaired) electrons. The predicted molar refractivity (Wildman–Crippen MR) is 94.3 cm³/mol. The lowest BCUT2D eigenvalue weighted by molar-refractivity contribution is -0.165. The first-order valence-corrected chi connectivity index (χ1v) is 10.1. The maximum absolute atomic E-state index is 11.9. The minimum atomic E-state index is -0.142. The van der Waals surface area contributed by atoms with E-state index in [4.69, 9.17) is 4.74 Å². The summed E-state index contributed by atoms with van der Waals surface area (Å²) in [5.41, 5.74) is 2.05. The molecule has 5 aliphatic rings. The van der Waals surface area contributed by atoms with E-state index in [1.807, 2.05) is 0 Å². The molecule has 0 bridgehead atoms. The van der Waals surface area contributed by atoms with Gasteiger partial charge in [-0.15, -0.1) is 0 Å². The molecule has 1 spiro atoms. The van der Waals surface area contributed by atoms with Crippen LogP contribution in [0.25, 0.3) is 0 Å². The van der Waals surface area contributed by atoms with Crippen molar-refractivity contribution in [2.24, 2.45) is 28.6 Å². The molecule has 1 saturated heterocycles. The van der Waals surface area contributed by atoms with Gasteiger partial charge in [-0.3, -0.25) is 4.79 Å². The maximum Gasteiger partial charge on any atom is 0.306 e. The van der Waals surface area contributed by atoms with Crippen molar-refractivity contribution in [2.75, 3.05) is 0 Å². The van der Waals surface area contributed by atoms with Crippen LogP contribution in [0.15, 0.2) is 23.8 Å². The average Bonchev–Trinajstić information content (AvgIpc) is 3.08. The number of fused-ring (bicyclic) bond motifs is 6. The van der Waals surface area contributed by atoms with Gasteiger partial charge in [0, 0.05) is 11.8 Å². The molecular weight excluding hydrogens is 296 g/mol. The normalized spacial score (nSPS) is 52.5. The van der Waals surface area contributed by atoms with Crippen LogP contribution in [0.3, 0.4) is 0 Å². The van der Waals surface area contributed by atoms with Gasteiger partial charge in [0.05, 0.1) is 0 Å². The van der Waals surface area contributed by atoms with Crippen LogP contribution in [-0.4, -0.2) is 11.6 Å². The molecule has 6 atom stereocenters. The van der Waals surface area contributed by atoms with Crippen molar-refractivity contribution in [3.05, 3.63) is 23.8 Å². The molecular formula is C22H30O2. The van der Waals surface area contributed by atoms with Crippen LogP contribution in [-0.2, 0) is 9.53 Å². The summed E-state index contributed by atoms with van der Waals surface area (Å²) in [5, 5.41) is 0. The van der Waals surface area contributed by atoms with E-state index in [-0.39, 0.29) is 17.0 Å². The molecule has 2 saturated carbocycles. The van der Waals surface area contributed by atoms with Crippen molar-refractivity contribution < 1.29 is 9.53 Å². The molecule has 0 aromatic carbocycles. The maximum atomic E-state index is 11.9. The minimum absolute atomic E-state index is 0.0441. The number of esters is 1. The fourth-order valence-corrected chi connectivity index (χ4v) is 7.48. The van der Waals surface area contributed by atoms with E-state index in [1.165, 1.54) is 38.5 Å². The molecule has 2 nitrogen and oxygen atoms in total. The summed E-state index contributed by atoms with van der Waals surface area (Å²) in [7, 11) is 0. The van der Waals surface area contributed by atoms with Gasteiger partial charge >= 0.3 is 5.97 Å². The summed E-state index contributed by atoms with van der Waals surface area (Å²) in [4.78, 5) is 11.9. The second-order valence-electron chi connectivity index (χ2n) is 9.58. The minimum Gasteiger partial charge on any atom is -0.458 e. The highest BCUT2D eigenvalue weighted by Crippen LogP contribution is 2.68. The van der Waals surface area contributed by atoms with E-state index in [0.29, 0.717) is 23.7 Å². The Labute approximate surface area is 145 Å². The predicted octanol–water partition coefficient (Wildman–Crippen LogP) is 5.19. The molecule has 0 N–H and O–H groups in total. The highest BCUT2D eigenvalue weighted by Gasteiger charge is 2.66. The molecule has 4 aliphatic carbocycles. The third-order valence-corrected chi connectivity index (χ3v) is 8.90. The topological polar surface area (TPSA) is 26.3 Å². The Bertz CT molecular complexity index is 646. The highest BCUT2D eigenvalue weighted by atomic mass is 16.6. The van der Waals surface area contributed by atoms with Crippen LogP contribution in [0.2, 0.25) is 0 Å². The number of hydrogen-bond donors (Lipinski definition) is 0. The van der Waals surface area contributed by atoms with Crippen molar-refractivity contribution >= 4 is 5.97 Å². The molecule has 5 rings (SSSR count). The molecule has 0 unspecified atom stereocenters. The van der Waals surface area contributed by atoms with Gasteiger partial charge in [0.25, 0.3) is 0 Å². The van der Waals surface area contributed by atoms with E-state index < -0.39 is 0 Å². The molecule has 1 heterocycles. The standard InChI is InChI=1S/C22H30O2/c1-20-11-4-3-5-15(20)6-7-16-17(20)8-12-21(2)18(16)9-13-22(21)14-10-19(23)24-22/h5-7,16-18H,3-4,8-14H2,1-2H3/t16-,17+,18+,20+,21+,22+/m1/s1. The first kappa shape index (κ1) is 15.2. The van der Waals surface area contributed by atoms with Gasteiger partial charge < -0.3 is 4.74 Å². The zero-order valence-corrected chi connectivity index (χ0v) is 15.1. The molecule has 0 aromatic rings. The quantitative estimate of drug-likeness (QED) is 0.573. The number of allylic oxidation sites excluding steroid dienone is 4. The van der Waals surface area contributed by atoms with E-state index in [9.17, 15) is 4.79 Å². The van der Waals surface area contributed by atoms with Gasteiger partial charge in [-0.1, -0.05) is 32.1 Å².